The summed E-state index contributed by atoms with van der Waals surface area (Å²) in [5.41, 5.74) is 6.53. The first-order valence-corrected chi connectivity index (χ1v) is 6.14. The Morgan fingerprint density at radius 3 is 2.59 bits per heavy atom. The molecule has 2 N–H and O–H groups in total. The highest BCUT2D eigenvalue weighted by Gasteiger charge is 2.08. The normalized spacial score (nSPS) is 10.3. The van der Waals surface area contributed by atoms with Gasteiger partial charge in [-0.3, -0.25) is 0 Å². The minimum Gasteiger partial charge on any atom is -0.454 e. The third kappa shape index (κ3) is 2.69. The number of aryl methyl sites for hydroxylation is 1. The summed E-state index contributed by atoms with van der Waals surface area (Å²) < 4.78 is 19.9. The monoisotopic (exact) mass is 343 g/mol. The fraction of sp³-hybridized carbons (Fsp3) is 0.0769. The third-order valence-electron chi connectivity index (χ3n) is 2.35. The molecule has 0 aliphatic rings. The van der Waals surface area contributed by atoms with Gasteiger partial charge in [-0.25, -0.2) is 4.39 Å². The number of nitrogens with two attached hydrogens (primary N) is 1. The van der Waals surface area contributed by atoms with Crippen molar-refractivity contribution in [2.24, 2.45) is 0 Å². The summed E-state index contributed by atoms with van der Waals surface area (Å²) in [7, 11) is 0. The maximum atomic E-state index is 13.2. The molecule has 2 rings (SSSR count). The van der Waals surface area contributed by atoms with Crippen LogP contribution in [0.3, 0.4) is 0 Å². The first kappa shape index (κ1) is 12.2. The second-order valence-electron chi connectivity index (χ2n) is 3.67. The van der Waals surface area contributed by atoms with Gasteiger partial charge in [0.15, 0.2) is 5.75 Å². The topological polar surface area (TPSA) is 35.2 Å². The fourth-order valence-corrected chi connectivity index (χ4v) is 1.90. The van der Waals surface area contributed by atoms with Crippen molar-refractivity contribution in [1.29, 1.82) is 0 Å². The molecule has 0 saturated heterocycles. The molecule has 0 amide bonds. The SMILES string of the molecule is Cc1cc(Oc2ccccc2I)c(N)cc1F. The van der Waals surface area contributed by atoms with E-state index in [0.29, 0.717) is 22.7 Å². The molecule has 17 heavy (non-hydrogen) atoms. The molecule has 0 saturated carbocycles. The van der Waals surface area contributed by atoms with Gasteiger partial charge in [-0.15, -0.1) is 0 Å². The highest BCUT2D eigenvalue weighted by atomic mass is 127. The smallest absolute Gasteiger partial charge is 0.150 e. The summed E-state index contributed by atoms with van der Waals surface area (Å²) in [6.07, 6.45) is 0. The highest BCUT2D eigenvalue weighted by molar-refractivity contribution is 14.1. The van der Waals surface area contributed by atoms with Crippen LogP contribution in [-0.2, 0) is 0 Å². The molecule has 2 aromatic carbocycles. The zero-order valence-electron chi connectivity index (χ0n) is 9.21. The molecule has 0 fully saturated rings. The largest absolute Gasteiger partial charge is 0.454 e. The van der Waals surface area contributed by atoms with E-state index >= 15 is 0 Å². The van der Waals surface area contributed by atoms with Crippen molar-refractivity contribution in [1.82, 2.24) is 0 Å². The van der Waals surface area contributed by atoms with Gasteiger partial charge in [0.05, 0.1) is 9.26 Å². The minimum absolute atomic E-state index is 0.299. The molecule has 0 spiro atoms. The van der Waals surface area contributed by atoms with E-state index in [-0.39, 0.29) is 5.82 Å². The molecule has 0 aliphatic heterocycles. The zero-order valence-corrected chi connectivity index (χ0v) is 11.4. The van der Waals surface area contributed by atoms with Crippen LogP contribution in [0.2, 0.25) is 0 Å². The summed E-state index contributed by atoms with van der Waals surface area (Å²) in [6.45, 7) is 1.68. The first-order chi connectivity index (χ1) is 8.08. The Bertz CT molecular complexity index is 557. The Balaban J connectivity index is 2.37. The van der Waals surface area contributed by atoms with Gasteiger partial charge in [0.1, 0.15) is 11.6 Å². The van der Waals surface area contributed by atoms with Crippen LogP contribution >= 0.6 is 22.6 Å². The summed E-state index contributed by atoms with van der Waals surface area (Å²) in [5, 5.41) is 0. The third-order valence-corrected chi connectivity index (χ3v) is 3.24. The van der Waals surface area contributed by atoms with Crippen LogP contribution in [0.1, 0.15) is 5.56 Å². The average Bonchev–Trinajstić information content (AvgIpc) is 2.29. The molecule has 0 unspecified atom stereocenters. The Hall–Kier alpha value is -1.30. The molecule has 88 valence electrons. The minimum atomic E-state index is -0.322. The van der Waals surface area contributed by atoms with Gasteiger partial charge in [-0.2, -0.15) is 0 Å². The molecular weight excluding hydrogens is 332 g/mol. The van der Waals surface area contributed by atoms with E-state index in [2.05, 4.69) is 22.6 Å². The Morgan fingerprint density at radius 2 is 1.88 bits per heavy atom. The highest BCUT2D eigenvalue weighted by Crippen LogP contribution is 2.32. The quantitative estimate of drug-likeness (QED) is 0.658. The van der Waals surface area contributed by atoms with Crippen LogP contribution < -0.4 is 10.5 Å². The van der Waals surface area contributed by atoms with Crippen LogP contribution in [0.25, 0.3) is 0 Å². The van der Waals surface area contributed by atoms with Crippen molar-refractivity contribution in [3.05, 3.63) is 51.3 Å². The number of hydrogen-bond donors (Lipinski definition) is 1. The lowest BCUT2D eigenvalue weighted by molar-refractivity contribution is 0.479. The van der Waals surface area contributed by atoms with Gasteiger partial charge in [0.25, 0.3) is 0 Å². The Morgan fingerprint density at radius 1 is 1.18 bits per heavy atom. The van der Waals surface area contributed by atoms with Crippen LogP contribution in [0.4, 0.5) is 10.1 Å². The van der Waals surface area contributed by atoms with Gasteiger partial charge in [0.2, 0.25) is 0 Å². The predicted octanol–water partition coefficient (Wildman–Crippen LogP) is 4.11. The maximum Gasteiger partial charge on any atom is 0.150 e. The fourth-order valence-electron chi connectivity index (χ4n) is 1.40. The van der Waals surface area contributed by atoms with Crippen LogP contribution in [-0.4, -0.2) is 0 Å². The van der Waals surface area contributed by atoms with Crippen molar-refractivity contribution >= 4 is 28.3 Å². The Labute approximate surface area is 113 Å². The number of rotatable bonds is 2. The van der Waals surface area contributed by atoms with Crippen molar-refractivity contribution in [2.75, 3.05) is 5.73 Å². The van der Waals surface area contributed by atoms with E-state index < -0.39 is 0 Å². The van der Waals surface area contributed by atoms with Crippen molar-refractivity contribution in [3.63, 3.8) is 0 Å². The van der Waals surface area contributed by atoms with Gasteiger partial charge in [-0.1, -0.05) is 12.1 Å². The van der Waals surface area contributed by atoms with Crippen molar-refractivity contribution in [2.45, 2.75) is 6.92 Å². The molecule has 0 bridgehead atoms. The lowest BCUT2D eigenvalue weighted by Crippen LogP contribution is -1.96. The van der Waals surface area contributed by atoms with Gasteiger partial charge >= 0.3 is 0 Å². The number of nitrogen functional groups attached to an aromatic ring is 1. The van der Waals surface area contributed by atoms with Gasteiger partial charge in [-0.05, 0) is 53.3 Å². The Kier molecular flexibility index (Phi) is 3.51. The molecular formula is C13H11FINO. The number of anilines is 1. The second kappa shape index (κ2) is 4.91. The summed E-state index contributed by atoms with van der Waals surface area (Å²) >= 11 is 2.17. The molecule has 2 aromatic rings. The van der Waals surface area contributed by atoms with Crippen LogP contribution in [0.15, 0.2) is 36.4 Å². The van der Waals surface area contributed by atoms with Gasteiger partial charge < -0.3 is 10.5 Å². The standard InChI is InChI=1S/C13H11FINO/c1-8-6-13(11(16)7-9(8)14)17-12-5-3-2-4-10(12)15/h2-7H,16H2,1H3. The van der Waals surface area contributed by atoms with E-state index in [1.54, 1.807) is 13.0 Å². The number of hydrogen-bond acceptors (Lipinski definition) is 2. The van der Waals surface area contributed by atoms with Crippen LogP contribution in [0.5, 0.6) is 11.5 Å². The van der Waals surface area contributed by atoms with E-state index in [4.69, 9.17) is 10.5 Å². The predicted molar refractivity (Wildman–Crippen MR) is 74.8 cm³/mol. The lowest BCUT2D eigenvalue weighted by atomic mass is 10.2. The second-order valence-corrected chi connectivity index (χ2v) is 4.83. The number of para-hydroxylation sites is 1. The molecule has 0 heterocycles. The summed E-state index contributed by atoms with van der Waals surface area (Å²) in [5.74, 6) is 0.872. The zero-order chi connectivity index (χ0) is 12.4. The molecule has 0 radical (unpaired) electrons. The maximum absolute atomic E-state index is 13.2. The molecule has 0 aromatic heterocycles. The summed E-state index contributed by atoms with van der Waals surface area (Å²) in [6, 6.07) is 10.5. The lowest BCUT2D eigenvalue weighted by Gasteiger charge is -2.11. The van der Waals surface area contributed by atoms with Gasteiger partial charge in [0, 0.05) is 6.07 Å². The number of benzene rings is 2. The molecule has 0 atom stereocenters. The molecule has 2 nitrogen and oxygen atoms in total. The molecule has 0 aliphatic carbocycles. The average molecular weight is 343 g/mol. The summed E-state index contributed by atoms with van der Waals surface area (Å²) in [4.78, 5) is 0. The van der Waals surface area contributed by atoms with E-state index in [0.717, 1.165) is 3.57 Å². The van der Waals surface area contributed by atoms with E-state index in [1.165, 1.54) is 6.07 Å². The first-order valence-electron chi connectivity index (χ1n) is 5.06. The molecule has 4 heteroatoms. The van der Waals surface area contributed by atoms with Crippen LogP contribution in [0, 0.1) is 16.3 Å². The van der Waals surface area contributed by atoms with E-state index in [9.17, 15) is 4.39 Å². The van der Waals surface area contributed by atoms with Crippen molar-refractivity contribution < 1.29 is 9.13 Å². The van der Waals surface area contributed by atoms with E-state index in [1.807, 2.05) is 24.3 Å². The number of halogens is 2. The van der Waals surface area contributed by atoms with Crippen molar-refractivity contribution in [3.8, 4) is 11.5 Å². The number of ether oxygens (including phenoxy) is 1.